The molecule has 0 N–H and O–H groups in total. The van der Waals surface area contributed by atoms with Gasteiger partial charge in [0.25, 0.3) is 0 Å². The van der Waals surface area contributed by atoms with Gasteiger partial charge in [0.2, 0.25) is 0 Å². The van der Waals surface area contributed by atoms with Gasteiger partial charge in [-0.3, -0.25) is 0 Å². The molecule has 0 aromatic heterocycles. The van der Waals surface area contributed by atoms with Crippen LogP contribution >= 0.6 is 0 Å². The molecule has 3 rings (SSSR count). The minimum Gasteiger partial charge on any atom is -1.00 e. The Balaban J connectivity index is 0.00000132. The van der Waals surface area contributed by atoms with Crippen molar-refractivity contribution in [1.29, 1.82) is 0 Å². The van der Waals surface area contributed by atoms with Crippen molar-refractivity contribution in [2.75, 3.05) is 0 Å². The topological polar surface area (TPSA) is 0 Å². The van der Waals surface area contributed by atoms with Gasteiger partial charge < -0.3 is 24.8 Å². The molecule has 3 aliphatic rings. The summed E-state index contributed by atoms with van der Waals surface area (Å²) < 4.78 is 7.30. The molecular formula is C20H30Cl2Hf. The molecule has 0 amide bonds. The third-order valence-electron chi connectivity index (χ3n) is 5.56. The van der Waals surface area contributed by atoms with Crippen molar-refractivity contribution in [2.24, 2.45) is 0 Å². The van der Waals surface area contributed by atoms with Crippen molar-refractivity contribution in [3.63, 3.8) is 0 Å². The van der Waals surface area contributed by atoms with Crippen LogP contribution in [0.15, 0.2) is 42.1 Å². The van der Waals surface area contributed by atoms with E-state index in [4.69, 9.17) is 0 Å². The molecule has 1 saturated heterocycles. The molecule has 0 bridgehead atoms. The van der Waals surface area contributed by atoms with Crippen LogP contribution in [-0.4, -0.2) is 0 Å². The summed E-state index contributed by atoms with van der Waals surface area (Å²) in [6, 6.07) is 0. The standard InChI is InChI=1S/2C9H13.C2H4.2ClH.Hf/c2*1-2-3-6-9-7-4-5-8-9;1-2;;;/h2*4,7H,2-3,5-6H2,1H3;1-2H2;2*1H;/q;;;;;+2/p-2. The smallest absolute Gasteiger partial charge is 1.00 e. The second-order valence-electron chi connectivity index (χ2n) is 7.01. The van der Waals surface area contributed by atoms with E-state index >= 15 is 0 Å². The number of unbranched alkanes of at least 4 members (excludes halogenated alkanes) is 2. The monoisotopic (exact) mass is 520 g/mol. The maximum absolute atomic E-state index is 2.49. The van der Waals surface area contributed by atoms with E-state index in [-0.39, 0.29) is 24.8 Å². The van der Waals surface area contributed by atoms with Crippen molar-refractivity contribution in [3.05, 3.63) is 42.1 Å². The fraction of sp³-hybridized carbons (Fsp3) is 0.600. The van der Waals surface area contributed by atoms with Gasteiger partial charge in [-0.15, -0.1) is 0 Å². The zero-order valence-corrected chi connectivity index (χ0v) is 19.7. The summed E-state index contributed by atoms with van der Waals surface area (Å²) >= 11 is -2.18. The van der Waals surface area contributed by atoms with Gasteiger partial charge in [0.15, 0.2) is 0 Å². The second kappa shape index (κ2) is 9.78. The van der Waals surface area contributed by atoms with Gasteiger partial charge in [-0.05, 0) is 0 Å². The van der Waals surface area contributed by atoms with Crippen LogP contribution in [0, 0.1) is 0 Å². The third-order valence-corrected chi connectivity index (χ3v) is 23.0. The zero-order chi connectivity index (χ0) is 14.7. The molecule has 1 aliphatic heterocycles. The molecule has 0 nitrogen and oxygen atoms in total. The molecule has 0 atom stereocenters. The molecule has 0 aromatic rings. The molecule has 1 fully saturated rings. The van der Waals surface area contributed by atoms with E-state index in [1.165, 1.54) is 51.4 Å². The van der Waals surface area contributed by atoms with E-state index in [2.05, 4.69) is 38.2 Å². The first-order valence-electron chi connectivity index (χ1n) is 9.10. The average Bonchev–Trinajstić information content (AvgIpc) is 2.96. The summed E-state index contributed by atoms with van der Waals surface area (Å²) in [6.45, 7) is 4.64. The van der Waals surface area contributed by atoms with Crippen LogP contribution in [0.2, 0.25) is 8.35 Å². The Morgan fingerprint density at radius 2 is 1.22 bits per heavy atom. The molecule has 2 aliphatic carbocycles. The van der Waals surface area contributed by atoms with Crippen LogP contribution in [-0.2, 0) is 20.0 Å². The first-order chi connectivity index (χ1) is 10.3. The first-order valence-corrected chi connectivity index (χ1v) is 17.8. The van der Waals surface area contributed by atoms with E-state index in [1.807, 2.05) is 6.66 Å². The van der Waals surface area contributed by atoms with E-state index < -0.39 is 20.0 Å². The Bertz CT molecular complexity index is 478. The number of hydrogen-bond donors (Lipinski definition) is 0. The number of hydrogen-bond acceptors (Lipinski definition) is 0. The van der Waals surface area contributed by atoms with Gasteiger partial charge in [-0.25, -0.2) is 0 Å². The van der Waals surface area contributed by atoms with E-state index in [1.54, 1.807) is 19.5 Å². The van der Waals surface area contributed by atoms with Crippen LogP contribution in [0.3, 0.4) is 0 Å². The summed E-state index contributed by atoms with van der Waals surface area (Å²) in [5, 5.41) is 0. The van der Waals surface area contributed by atoms with Crippen LogP contribution in [0.5, 0.6) is 0 Å². The number of rotatable bonds is 8. The Kier molecular flexibility index (Phi) is 9.12. The SMILES string of the molecule is CCCCC1=[C]([Hf+2]2([C]3=C(CCCC)C=CC3)[CH2][CH2]2)CC=C1.[Cl-].[Cl-]. The van der Waals surface area contributed by atoms with Gasteiger partial charge in [0.05, 0.1) is 0 Å². The summed E-state index contributed by atoms with van der Waals surface area (Å²) in [5.41, 5.74) is 3.57. The zero-order valence-electron chi connectivity index (χ0n) is 14.6. The molecule has 128 valence electrons. The summed E-state index contributed by atoms with van der Waals surface area (Å²) in [7, 11) is 0. The molecular weight excluding hydrogens is 490 g/mol. The quantitative estimate of drug-likeness (QED) is 0.417. The molecule has 23 heavy (non-hydrogen) atoms. The minimum absolute atomic E-state index is 0. The Morgan fingerprint density at radius 3 is 1.57 bits per heavy atom. The molecule has 1 heterocycles. The van der Waals surface area contributed by atoms with Crippen molar-refractivity contribution in [1.82, 2.24) is 0 Å². The Morgan fingerprint density at radius 1 is 0.783 bits per heavy atom. The fourth-order valence-corrected chi connectivity index (χ4v) is 27.7. The number of halogens is 2. The average molecular weight is 520 g/mol. The molecule has 0 radical (unpaired) electrons. The maximum Gasteiger partial charge on any atom is -1.00 e. The normalized spacial score (nSPS) is 19.4. The maximum atomic E-state index is 2.49. The summed E-state index contributed by atoms with van der Waals surface area (Å²) in [5.74, 6) is 0. The molecule has 0 unspecified atom stereocenters. The van der Waals surface area contributed by atoms with Crippen LogP contribution in [0.25, 0.3) is 0 Å². The van der Waals surface area contributed by atoms with Crippen molar-refractivity contribution < 1.29 is 44.8 Å². The van der Waals surface area contributed by atoms with Gasteiger partial charge in [0, 0.05) is 0 Å². The van der Waals surface area contributed by atoms with E-state index in [0.29, 0.717) is 0 Å². The largest absolute Gasteiger partial charge is 1.00 e. The van der Waals surface area contributed by atoms with E-state index in [0.717, 1.165) is 0 Å². The minimum atomic E-state index is -2.18. The van der Waals surface area contributed by atoms with Crippen molar-refractivity contribution >= 4 is 0 Å². The molecule has 0 saturated carbocycles. The second-order valence-corrected chi connectivity index (χ2v) is 22.7. The number of allylic oxidation sites excluding steroid dienone is 8. The third kappa shape index (κ3) is 4.53. The predicted molar refractivity (Wildman–Crippen MR) is 90.2 cm³/mol. The molecule has 0 spiro atoms. The van der Waals surface area contributed by atoms with Crippen molar-refractivity contribution in [3.8, 4) is 0 Å². The van der Waals surface area contributed by atoms with Crippen LogP contribution in [0.4, 0.5) is 0 Å². The summed E-state index contributed by atoms with van der Waals surface area (Å²) in [6.07, 6.45) is 20.7. The van der Waals surface area contributed by atoms with Gasteiger partial charge in [-0.2, -0.15) is 0 Å². The van der Waals surface area contributed by atoms with Gasteiger partial charge >= 0.3 is 136 Å². The Labute approximate surface area is 159 Å². The summed E-state index contributed by atoms with van der Waals surface area (Å²) in [4.78, 5) is 0. The van der Waals surface area contributed by atoms with Crippen molar-refractivity contribution in [2.45, 2.75) is 73.6 Å². The van der Waals surface area contributed by atoms with Crippen LogP contribution in [0.1, 0.15) is 65.2 Å². The fourth-order valence-electron chi connectivity index (χ4n) is 4.22. The Hall–Kier alpha value is 0.410. The van der Waals surface area contributed by atoms with E-state index in [9.17, 15) is 0 Å². The predicted octanol–water partition coefficient (Wildman–Crippen LogP) is 0.807. The van der Waals surface area contributed by atoms with Gasteiger partial charge in [-0.1, -0.05) is 0 Å². The molecule has 0 aromatic carbocycles. The first kappa shape index (κ1) is 21.5. The molecule has 3 heteroatoms. The van der Waals surface area contributed by atoms with Gasteiger partial charge in [0.1, 0.15) is 0 Å². The van der Waals surface area contributed by atoms with Crippen LogP contribution < -0.4 is 24.8 Å².